The standard InChI is InChI=1S/C8H14FN2O3P/c1-3-4-5-11-7-6-10(2)8(11)14-15(9,12)13/h6-7H,3-5H2,1-2H3/p+1. The number of imidazole rings is 1. The molecule has 86 valence electrons. The second-order valence-corrected chi connectivity index (χ2v) is 4.37. The largest absolute Gasteiger partial charge is 0.572 e. The van der Waals surface area contributed by atoms with Gasteiger partial charge in [-0.25, -0.2) is 4.57 Å². The molecule has 1 unspecified atom stereocenters. The number of halogens is 1. The van der Waals surface area contributed by atoms with Crippen LogP contribution in [0.2, 0.25) is 0 Å². The van der Waals surface area contributed by atoms with Crippen LogP contribution in [0.15, 0.2) is 12.4 Å². The molecule has 5 nitrogen and oxygen atoms in total. The van der Waals surface area contributed by atoms with Gasteiger partial charge in [0.1, 0.15) is 12.4 Å². The van der Waals surface area contributed by atoms with Gasteiger partial charge in [0.05, 0.1) is 13.6 Å². The highest BCUT2D eigenvalue weighted by Crippen LogP contribution is 2.42. The number of rotatable bonds is 5. The third kappa shape index (κ3) is 3.64. The van der Waals surface area contributed by atoms with E-state index in [9.17, 15) is 8.76 Å². The van der Waals surface area contributed by atoms with Crippen LogP contribution in [0, 0.1) is 0 Å². The van der Waals surface area contributed by atoms with Crippen molar-refractivity contribution in [2.45, 2.75) is 26.3 Å². The number of nitrogens with zero attached hydrogens (tertiary/aromatic N) is 2. The summed E-state index contributed by atoms with van der Waals surface area (Å²) in [6.07, 6.45) is 5.20. The molecule has 1 atom stereocenters. The second kappa shape index (κ2) is 4.77. The van der Waals surface area contributed by atoms with E-state index in [1.165, 1.54) is 4.57 Å². The topological polar surface area (TPSA) is 55.3 Å². The minimum absolute atomic E-state index is 0.0526. The van der Waals surface area contributed by atoms with Crippen molar-refractivity contribution in [3.63, 3.8) is 0 Å². The summed E-state index contributed by atoms with van der Waals surface area (Å²) < 4.78 is 30.4. The van der Waals surface area contributed by atoms with E-state index in [-0.39, 0.29) is 6.01 Å². The minimum Gasteiger partial charge on any atom is -0.331 e. The van der Waals surface area contributed by atoms with E-state index in [1.54, 1.807) is 24.0 Å². The summed E-state index contributed by atoms with van der Waals surface area (Å²) in [5.41, 5.74) is 0. The van der Waals surface area contributed by atoms with E-state index in [4.69, 9.17) is 4.89 Å². The van der Waals surface area contributed by atoms with Crippen LogP contribution < -0.4 is 9.09 Å². The zero-order valence-electron chi connectivity index (χ0n) is 8.76. The molecule has 0 aliphatic heterocycles. The van der Waals surface area contributed by atoms with Crippen LogP contribution in [0.5, 0.6) is 6.01 Å². The molecule has 0 aliphatic rings. The maximum atomic E-state index is 12.5. The zero-order valence-corrected chi connectivity index (χ0v) is 9.65. The van der Waals surface area contributed by atoms with Crippen molar-refractivity contribution in [1.29, 1.82) is 0 Å². The molecule has 0 saturated carbocycles. The average molecular weight is 237 g/mol. The van der Waals surface area contributed by atoms with E-state index >= 15 is 0 Å². The summed E-state index contributed by atoms with van der Waals surface area (Å²) in [4.78, 5) is 8.50. The van der Waals surface area contributed by atoms with Gasteiger partial charge in [-0.05, 0) is 6.42 Å². The quantitative estimate of drug-likeness (QED) is 0.624. The SMILES string of the molecule is CCCCn1cc[n+](C)c1OP(=O)(O)F. The van der Waals surface area contributed by atoms with Crippen molar-refractivity contribution in [2.24, 2.45) is 7.05 Å². The summed E-state index contributed by atoms with van der Waals surface area (Å²) in [6, 6.07) is 0.0526. The first-order chi connectivity index (χ1) is 6.94. The predicted molar refractivity (Wildman–Crippen MR) is 52.1 cm³/mol. The Labute approximate surface area is 87.8 Å². The molecule has 7 heteroatoms. The average Bonchev–Trinajstić information content (AvgIpc) is 2.43. The molecule has 0 fully saturated rings. The Hall–Kier alpha value is -0.870. The Morgan fingerprint density at radius 3 is 2.93 bits per heavy atom. The molecule has 0 amide bonds. The molecule has 0 radical (unpaired) electrons. The molecular formula is C8H15FN2O3P+. The summed E-state index contributed by atoms with van der Waals surface area (Å²) in [5.74, 6) is 0. The first-order valence-electron chi connectivity index (χ1n) is 4.71. The van der Waals surface area contributed by atoms with Crippen molar-refractivity contribution < 1.29 is 22.7 Å². The molecule has 0 bridgehead atoms. The molecule has 0 saturated heterocycles. The van der Waals surface area contributed by atoms with E-state index in [1.807, 2.05) is 6.92 Å². The van der Waals surface area contributed by atoms with Crippen LogP contribution >= 0.6 is 7.91 Å². The predicted octanol–water partition coefficient (Wildman–Crippen LogP) is 1.56. The van der Waals surface area contributed by atoms with Crippen LogP contribution in [0.3, 0.4) is 0 Å². The fraction of sp³-hybridized carbons (Fsp3) is 0.625. The van der Waals surface area contributed by atoms with Gasteiger partial charge in [0.15, 0.2) is 0 Å². The monoisotopic (exact) mass is 237 g/mol. The fourth-order valence-electron chi connectivity index (χ4n) is 1.23. The Morgan fingerprint density at radius 2 is 2.40 bits per heavy atom. The maximum absolute atomic E-state index is 12.5. The molecule has 1 rings (SSSR count). The number of aromatic nitrogens is 2. The third-order valence-electron chi connectivity index (χ3n) is 1.96. The lowest BCUT2D eigenvalue weighted by Crippen LogP contribution is -2.28. The highest BCUT2D eigenvalue weighted by molar-refractivity contribution is 7.47. The highest BCUT2D eigenvalue weighted by atomic mass is 31.2. The zero-order chi connectivity index (χ0) is 11.5. The van der Waals surface area contributed by atoms with Gasteiger partial charge in [-0.15, -0.1) is 4.20 Å². The fourth-order valence-corrected chi connectivity index (χ4v) is 1.66. The van der Waals surface area contributed by atoms with Crippen LogP contribution in [0.1, 0.15) is 19.8 Å². The number of hydrogen-bond donors (Lipinski definition) is 1. The Kier molecular flexibility index (Phi) is 3.88. The van der Waals surface area contributed by atoms with Crippen molar-refractivity contribution in [3.8, 4) is 6.01 Å². The normalized spacial score (nSPS) is 14.9. The van der Waals surface area contributed by atoms with Crippen molar-refractivity contribution >= 4 is 7.91 Å². The minimum atomic E-state index is -4.98. The van der Waals surface area contributed by atoms with Crippen LogP contribution in [-0.2, 0) is 18.2 Å². The molecule has 1 N–H and O–H groups in total. The first kappa shape index (κ1) is 12.2. The molecule has 15 heavy (non-hydrogen) atoms. The Balaban J connectivity index is 2.84. The maximum Gasteiger partial charge on any atom is 0.572 e. The second-order valence-electron chi connectivity index (χ2n) is 3.28. The summed E-state index contributed by atoms with van der Waals surface area (Å²) in [6.45, 7) is 2.66. The van der Waals surface area contributed by atoms with Crippen molar-refractivity contribution in [3.05, 3.63) is 12.4 Å². The molecular weight excluding hydrogens is 222 g/mol. The Morgan fingerprint density at radius 1 is 1.73 bits per heavy atom. The van der Waals surface area contributed by atoms with Gasteiger partial charge in [0.25, 0.3) is 0 Å². The Bertz CT molecular complexity index is 374. The van der Waals surface area contributed by atoms with E-state index < -0.39 is 7.91 Å². The molecule has 0 spiro atoms. The first-order valence-corrected chi connectivity index (χ1v) is 6.17. The summed E-state index contributed by atoms with van der Waals surface area (Å²) >= 11 is 0. The third-order valence-corrected chi connectivity index (χ3v) is 2.35. The number of hydrogen-bond acceptors (Lipinski definition) is 2. The molecule has 1 heterocycles. The molecule has 1 aromatic heterocycles. The lowest BCUT2D eigenvalue weighted by Gasteiger charge is -2.03. The van der Waals surface area contributed by atoms with E-state index in [0.29, 0.717) is 6.54 Å². The number of aryl methyl sites for hydroxylation is 2. The smallest absolute Gasteiger partial charge is 0.331 e. The van der Waals surface area contributed by atoms with Crippen LogP contribution in [0.25, 0.3) is 0 Å². The lowest BCUT2D eigenvalue weighted by molar-refractivity contribution is -0.674. The van der Waals surface area contributed by atoms with Gasteiger partial charge in [0.2, 0.25) is 0 Å². The van der Waals surface area contributed by atoms with Gasteiger partial charge in [0, 0.05) is 0 Å². The molecule has 1 aromatic rings. The molecule has 0 aliphatic carbocycles. The van der Waals surface area contributed by atoms with Crippen LogP contribution in [-0.4, -0.2) is 9.46 Å². The van der Waals surface area contributed by atoms with Gasteiger partial charge in [-0.1, -0.05) is 13.3 Å². The van der Waals surface area contributed by atoms with Gasteiger partial charge < -0.3 is 4.52 Å². The van der Waals surface area contributed by atoms with Crippen molar-refractivity contribution in [2.75, 3.05) is 0 Å². The number of unbranched alkanes of at least 4 members (excludes halogenated alkanes) is 1. The summed E-state index contributed by atoms with van der Waals surface area (Å²) in [7, 11) is -3.36. The molecule has 0 aromatic carbocycles. The van der Waals surface area contributed by atoms with Gasteiger partial charge >= 0.3 is 13.9 Å². The van der Waals surface area contributed by atoms with Crippen LogP contribution in [0.4, 0.5) is 4.20 Å². The van der Waals surface area contributed by atoms with E-state index in [2.05, 4.69) is 4.52 Å². The van der Waals surface area contributed by atoms with Crippen molar-refractivity contribution in [1.82, 2.24) is 4.57 Å². The summed E-state index contributed by atoms with van der Waals surface area (Å²) in [5, 5.41) is 0. The van der Waals surface area contributed by atoms with E-state index in [0.717, 1.165) is 12.8 Å². The van der Waals surface area contributed by atoms with Gasteiger partial charge in [-0.2, -0.15) is 9.13 Å². The lowest BCUT2D eigenvalue weighted by atomic mass is 10.3. The van der Waals surface area contributed by atoms with Gasteiger partial charge in [-0.3, -0.25) is 4.89 Å². The highest BCUT2D eigenvalue weighted by Gasteiger charge is 2.28.